The van der Waals surface area contributed by atoms with Crippen molar-refractivity contribution < 1.29 is 13.2 Å². The standard InChI is InChI=1S/C12H17Cl2NO3S/c1-3-15-9(7-18-2)8-19(16,17)10-4-5-11(13)12(14)6-10/h4-6,9,15H,3,7-8H2,1-2H3. The second kappa shape index (κ2) is 7.45. The number of ether oxygens (including phenoxy) is 1. The highest BCUT2D eigenvalue weighted by atomic mass is 35.5. The van der Waals surface area contributed by atoms with Crippen LogP contribution in [0.15, 0.2) is 23.1 Å². The zero-order valence-corrected chi connectivity index (χ0v) is 13.1. The Morgan fingerprint density at radius 1 is 1.32 bits per heavy atom. The third-order valence-corrected chi connectivity index (χ3v) is 5.08. The van der Waals surface area contributed by atoms with Crippen LogP contribution in [0.5, 0.6) is 0 Å². The van der Waals surface area contributed by atoms with E-state index in [1.165, 1.54) is 25.3 Å². The fraction of sp³-hybridized carbons (Fsp3) is 0.500. The van der Waals surface area contributed by atoms with Gasteiger partial charge >= 0.3 is 0 Å². The van der Waals surface area contributed by atoms with Crippen LogP contribution in [0, 0.1) is 0 Å². The monoisotopic (exact) mass is 325 g/mol. The first-order chi connectivity index (χ1) is 8.90. The molecular formula is C12H17Cl2NO3S. The van der Waals surface area contributed by atoms with Crippen LogP contribution in [-0.4, -0.2) is 40.5 Å². The van der Waals surface area contributed by atoms with Gasteiger partial charge in [-0.15, -0.1) is 0 Å². The fourth-order valence-electron chi connectivity index (χ4n) is 1.69. The number of hydrogen-bond donors (Lipinski definition) is 1. The van der Waals surface area contributed by atoms with Crippen molar-refractivity contribution in [1.82, 2.24) is 5.32 Å². The lowest BCUT2D eigenvalue weighted by molar-refractivity contribution is 0.174. The Hall–Kier alpha value is -0.330. The van der Waals surface area contributed by atoms with Crippen molar-refractivity contribution in [1.29, 1.82) is 0 Å². The van der Waals surface area contributed by atoms with Crippen molar-refractivity contribution in [3.8, 4) is 0 Å². The summed E-state index contributed by atoms with van der Waals surface area (Å²) >= 11 is 11.6. The van der Waals surface area contributed by atoms with Crippen molar-refractivity contribution in [2.45, 2.75) is 17.9 Å². The molecule has 0 amide bonds. The van der Waals surface area contributed by atoms with E-state index < -0.39 is 9.84 Å². The van der Waals surface area contributed by atoms with Gasteiger partial charge in [-0.25, -0.2) is 8.42 Å². The largest absolute Gasteiger partial charge is 0.383 e. The van der Waals surface area contributed by atoms with E-state index in [2.05, 4.69) is 5.32 Å². The molecule has 7 heteroatoms. The van der Waals surface area contributed by atoms with E-state index in [1.807, 2.05) is 6.92 Å². The molecular weight excluding hydrogens is 309 g/mol. The van der Waals surface area contributed by atoms with E-state index in [4.69, 9.17) is 27.9 Å². The van der Waals surface area contributed by atoms with E-state index in [1.54, 1.807) is 0 Å². The summed E-state index contributed by atoms with van der Waals surface area (Å²) in [4.78, 5) is 0.168. The predicted molar refractivity (Wildman–Crippen MR) is 77.9 cm³/mol. The number of methoxy groups -OCH3 is 1. The highest BCUT2D eigenvalue weighted by molar-refractivity contribution is 7.91. The minimum atomic E-state index is -3.43. The van der Waals surface area contributed by atoms with Gasteiger partial charge in [0.05, 0.1) is 27.3 Å². The molecule has 1 unspecified atom stereocenters. The summed E-state index contributed by atoms with van der Waals surface area (Å²) < 4.78 is 29.5. The Balaban J connectivity index is 2.92. The van der Waals surface area contributed by atoms with Crippen molar-refractivity contribution >= 4 is 33.0 Å². The first-order valence-corrected chi connectivity index (χ1v) is 8.21. The Morgan fingerprint density at radius 2 is 2.00 bits per heavy atom. The number of likely N-dealkylation sites (N-methyl/N-ethyl adjacent to an activating group) is 1. The molecule has 0 saturated carbocycles. The van der Waals surface area contributed by atoms with Gasteiger partial charge in [0, 0.05) is 13.2 Å². The summed E-state index contributed by atoms with van der Waals surface area (Å²) in [5, 5.41) is 3.64. The maximum atomic E-state index is 12.3. The van der Waals surface area contributed by atoms with Crippen LogP contribution in [0.2, 0.25) is 10.0 Å². The molecule has 19 heavy (non-hydrogen) atoms. The zero-order chi connectivity index (χ0) is 14.5. The van der Waals surface area contributed by atoms with Crippen molar-refractivity contribution in [2.75, 3.05) is 26.0 Å². The minimum Gasteiger partial charge on any atom is -0.383 e. The molecule has 1 rings (SSSR count). The molecule has 0 aliphatic carbocycles. The molecule has 1 aromatic rings. The highest BCUT2D eigenvalue weighted by Gasteiger charge is 2.21. The molecule has 4 nitrogen and oxygen atoms in total. The van der Waals surface area contributed by atoms with Crippen LogP contribution in [0.1, 0.15) is 6.92 Å². The van der Waals surface area contributed by atoms with Crippen molar-refractivity contribution in [3.63, 3.8) is 0 Å². The summed E-state index contributed by atoms with van der Waals surface area (Å²) in [7, 11) is -1.89. The number of rotatable bonds is 7. The van der Waals surface area contributed by atoms with Gasteiger partial charge in [-0.3, -0.25) is 0 Å². The molecule has 0 aliphatic heterocycles. The Kier molecular flexibility index (Phi) is 6.56. The van der Waals surface area contributed by atoms with Gasteiger partial charge < -0.3 is 10.1 Å². The van der Waals surface area contributed by atoms with E-state index in [0.717, 1.165) is 0 Å². The Labute approximate surface area is 124 Å². The molecule has 0 saturated heterocycles. The Bertz CT molecular complexity index is 514. The fourth-order valence-corrected chi connectivity index (χ4v) is 3.56. The van der Waals surface area contributed by atoms with E-state index in [9.17, 15) is 8.42 Å². The number of sulfone groups is 1. The SMILES string of the molecule is CCNC(COC)CS(=O)(=O)c1ccc(Cl)c(Cl)c1. The zero-order valence-electron chi connectivity index (χ0n) is 10.8. The van der Waals surface area contributed by atoms with E-state index in [0.29, 0.717) is 18.2 Å². The first kappa shape index (κ1) is 16.7. The van der Waals surface area contributed by atoms with Gasteiger partial charge in [0.2, 0.25) is 0 Å². The first-order valence-electron chi connectivity index (χ1n) is 5.80. The lowest BCUT2D eigenvalue weighted by Crippen LogP contribution is -2.39. The van der Waals surface area contributed by atoms with Gasteiger partial charge in [-0.2, -0.15) is 0 Å². The molecule has 1 aromatic carbocycles. The third kappa shape index (κ3) is 4.93. The third-order valence-electron chi connectivity index (χ3n) is 2.53. The predicted octanol–water partition coefficient (Wildman–Crippen LogP) is 2.39. The molecule has 0 heterocycles. The molecule has 108 valence electrons. The van der Waals surface area contributed by atoms with Crippen LogP contribution in [0.4, 0.5) is 0 Å². The highest BCUT2D eigenvalue weighted by Crippen LogP contribution is 2.25. The summed E-state index contributed by atoms with van der Waals surface area (Å²) in [6, 6.07) is 4.05. The summed E-state index contributed by atoms with van der Waals surface area (Å²) in [5.74, 6) is -0.0490. The van der Waals surface area contributed by atoms with Gasteiger partial charge in [-0.1, -0.05) is 30.1 Å². The Morgan fingerprint density at radius 3 is 2.53 bits per heavy atom. The van der Waals surface area contributed by atoms with Gasteiger partial charge in [-0.05, 0) is 24.7 Å². The van der Waals surface area contributed by atoms with Crippen LogP contribution >= 0.6 is 23.2 Å². The summed E-state index contributed by atoms with van der Waals surface area (Å²) in [6.07, 6.45) is 0. The second-order valence-corrected chi connectivity index (χ2v) is 6.92. The average Bonchev–Trinajstić information content (AvgIpc) is 2.32. The number of hydrogen-bond acceptors (Lipinski definition) is 4. The smallest absolute Gasteiger partial charge is 0.180 e. The lowest BCUT2D eigenvalue weighted by Gasteiger charge is -2.17. The van der Waals surface area contributed by atoms with Gasteiger partial charge in [0.25, 0.3) is 0 Å². The molecule has 0 spiro atoms. The van der Waals surface area contributed by atoms with Crippen molar-refractivity contribution in [2.24, 2.45) is 0 Å². The topological polar surface area (TPSA) is 55.4 Å². The summed E-state index contributed by atoms with van der Waals surface area (Å²) in [5.41, 5.74) is 0. The van der Waals surface area contributed by atoms with Crippen LogP contribution < -0.4 is 5.32 Å². The van der Waals surface area contributed by atoms with Crippen LogP contribution in [-0.2, 0) is 14.6 Å². The lowest BCUT2D eigenvalue weighted by atomic mass is 10.3. The molecule has 0 radical (unpaired) electrons. The van der Waals surface area contributed by atoms with Gasteiger partial charge in [0.1, 0.15) is 0 Å². The molecule has 0 aromatic heterocycles. The van der Waals surface area contributed by atoms with E-state index >= 15 is 0 Å². The molecule has 1 N–H and O–H groups in total. The maximum absolute atomic E-state index is 12.3. The van der Waals surface area contributed by atoms with Crippen molar-refractivity contribution in [3.05, 3.63) is 28.2 Å². The maximum Gasteiger partial charge on any atom is 0.180 e. The van der Waals surface area contributed by atoms with Gasteiger partial charge in [0.15, 0.2) is 9.84 Å². The normalized spacial score (nSPS) is 13.5. The van der Waals surface area contributed by atoms with Crippen LogP contribution in [0.25, 0.3) is 0 Å². The number of nitrogens with one attached hydrogen (secondary N) is 1. The number of halogens is 2. The molecule has 0 fully saturated rings. The van der Waals surface area contributed by atoms with E-state index in [-0.39, 0.29) is 21.7 Å². The minimum absolute atomic E-state index is 0.0490. The molecule has 0 bridgehead atoms. The second-order valence-electron chi connectivity index (χ2n) is 4.07. The molecule has 0 aliphatic rings. The molecule has 1 atom stereocenters. The van der Waals surface area contributed by atoms with Crippen LogP contribution in [0.3, 0.4) is 0 Å². The summed E-state index contributed by atoms with van der Waals surface area (Å²) in [6.45, 7) is 2.91. The average molecular weight is 326 g/mol. The number of benzene rings is 1. The quantitative estimate of drug-likeness (QED) is 0.836.